The van der Waals surface area contributed by atoms with Gasteiger partial charge in [-0.15, -0.1) is 0 Å². The second kappa shape index (κ2) is 8.95. The largest absolute Gasteiger partial charge is 0.311 e. The van der Waals surface area contributed by atoms with Gasteiger partial charge in [0.05, 0.1) is 27.5 Å². The van der Waals surface area contributed by atoms with Crippen molar-refractivity contribution in [3.05, 3.63) is 94.4 Å². The molecule has 0 bridgehead atoms. The van der Waals surface area contributed by atoms with Crippen molar-refractivity contribution in [2.45, 2.75) is 26.7 Å². The van der Waals surface area contributed by atoms with Gasteiger partial charge in [-0.3, -0.25) is 14.5 Å². The highest BCUT2D eigenvalue weighted by Gasteiger charge is 2.42. The zero-order valence-corrected chi connectivity index (χ0v) is 20.2. The molecule has 0 aromatic heterocycles. The van der Waals surface area contributed by atoms with Crippen LogP contribution in [0.15, 0.2) is 82.7 Å². The van der Waals surface area contributed by atoms with Crippen LogP contribution in [0.1, 0.15) is 30.5 Å². The summed E-state index contributed by atoms with van der Waals surface area (Å²) in [5.74, 6) is -0.404. The SMILES string of the molecule is CCc1ccc(N=C2S/C(=C3/C(=O)N(C)c4ccccc43)C(=O)N2c2ccc(CC)cc2)cc1. The molecule has 0 spiro atoms. The average Bonchev–Trinajstić information content (AvgIpc) is 3.32. The van der Waals surface area contributed by atoms with E-state index >= 15 is 0 Å². The molecule has 2 heterocycles. The number of nitrogens with zero attached hydrogens (tertiary/aromatic N) is 3. The standard InChI is InChI=1S/C28H25N3O2S/c1-4-18-10-14-20(15-11-18)29-28-31(21-16-12-19(5-2)13-17-21)27(33)25(34-28)24-22-8-6-7-9-23(22)30(3)26(24)32/h6-17H,4-5H2,1-3H3/b25-24+,29-28?. The van der Waals surface area contributed by atoms with Crippen LogP contribution in [0.5, 0.6) is 0 Å². The molecule has 0 N–H and O–H groups in total. The number of hydrogen-bond donors (Lipinski definition) is 0. The van der Waals surface area contributed by atoms with E-state index in [-0.39, 0.29) is 11.8 Å². The zero-order valence-electron chi connectivity index (χ0n) is 19.4. The van der Waals surface area contributed by atoms with Crippen molar-refractivity contribution in [2.75, 3.05) is 16.8 Å². The van der Waals surface area contributed by atoms with Crippen LogP contribution in [0.2, 0.25) is 0 Å². The third-order valence-corrected chi connectivity index (χ3v) is 7.27. The summed E-state index contributed by atoms with van der Waals surface area (Å²) in [6.07, 6.45) is 1.87. The second-order valence-corrected chi connectivity index (χ2v) is 9.24. The summed E-state index contributed by atoms with van der Waals surface area (Å²) in [4.78, 5) is 35.5. The fourth-order valence-corrected chi connectivity index (χ4v) is 5.31. The second-order valence-electron chi connectivity index (χ2n) is 8.26. The minimum absolute atomic E-state index is 0.174. The summed E-state index contributed by atoms with van der Waals surface area (Å²) in [5, 5.41) is 0.542. The summed E-state index contributed by atoms with van der Waals surface area (Å²) in [5.41, 5.74) is 5.95. The van der Waals surface area contributed by atoms with Crippen LogP contribution >= 0.6 is 11.8 Å². The molecule has 1 fully saturated rings. The lowest BCUT2D eigenvalue weighted by Gasteiger charge is -2.16. The van der Waals surface area contributed by atoms with E-state index in [0.717, 1.165) is 35.5 Å². The Kier molecular flexibility index (Phi) is 5.84. The van der Waals surface area contributed by atoms with E-state index in [1.807, 2.05) is 72.8 Å². The molecule has 0 aliphatic carbocycles. The number of carbonyl (C=O) groups excluding carboxylic acids is 2. The van der Waals surface area contributed by atoms with Crippen LogP contribution in [0.3, 0.4) is 0 Å². The Bertz CT molecular complexity index is 1340. The van der Waals surface area contributed by atoms with Gasteiger partial charge < -0.3 is 4.90 Å². The third-order valence-electron chi connectivity index (χ3n) is 6.23. The molecule has 3 aromatic carbocycles. The van der Waals surface area contributed by atoms with Crippen molar-refractivity contribution < 1.29 is 9.59 Å². The van der Waals surface area contributed by atoms with E-state index in [2.05, 4.69) is 13.8 Å². The summed E-state index contributed by atoms with van der Waals surface area (Å²) in [7, 11) is 1.74. The van der Waals surface area contributed by atoms with Crippen molar-refractivity contribution in [2.24, 2.45) is 4.99 Å². The van der Waals surface area contributed by atoms with Crippen LogP contribution in [-0.4, -0.2) is 24.0 Å². The van der Waals surface area contributed by atoms with E-state index in [1.165, 1.54) is 22.9 Å². The fourth-order valence-electron chi connectivity index (χ4n) is 4.21. The summed E-state index contributed by atoms with van der Waals surface area (Å²) in [6.45, 7) is 4.21. The van der Waals surface area contributed by atoms with Crippen LogP contribution < -0.4 is 9.80 Å². The highest BCUT2D eigenvalue weighted by atomic mass is 32.2. The maximum atomic E-state index is 13.8. The van der Waals surface area contributed by atoms with E-state index in [0.29, 0.717) is 15.6 Å². The molecule has 3 aromatic rings. The Hall–Kier alpha value is -3.64. The number of thioether (sulfide) groups is 1. The van der Waals surface area contributed by atoms with E-state index in [9.17, 15) is 9.59 Å². The summed E-state index contributed by atoms with van der Waals surface area (Å²) < 4.78 is 0. The predicted molar refractivity (Wildman–Crippen MR) is 141 cm³/mol. The number of rotatable bonds is 4. The third kappa shape index (κ3) is 3.74. The van der Waals surface area contributed by atoms with E-state index in [1.54, 1.807) is 16.8 Å². The molecular formula is C28H25N3O2S. The first-order valence-electron chi connectivity index (χ1n) is 11.4. The minimum Gasteiger partial charge on any atom is -0.311 e. The Labute approximate surface area is 203 Å². The van der Waals surface area contributed by atoms with Crippen molar-refractivity contribution in [3.8, 4) is 0 Å². The highest BCUT2D eigenvalue weighted by molar-refractivity contribution is 8.19. The number of likely N-dealkylation sites (N-methyl/N-ethyl adjacent to an activating group) is 1. The van der Waals surface area contributed by atoms with E-state index in [4.69, 9.17) is 4.99 Å². The molecule has 2 aliphatic rings. The Morgan fingerprint density at radius 2 is 1.41 bits per heavy atom. The van der Waals surface area contributed by atoms with Crippen LogP contribution in [0, 0.1) is 0 Å². The molecule has 0 atom stereocenters. The number of amidine groups is 1. The lowest BCUT2D eigenvalue weighted by Crippen LogP contribution is -2.29. The maximum absolute atomic E-state index is 13.8. The van der Waals surface area contributed by atoms with Gasteiger partial charge in [0.1, 0.15) is 0 Å². The lowest BCUT2D eigenvalue weighted by molar-refractivity contribution is -0.115. The van der Waals surface area contributed by atoms with Gasteiger partial charge in [-0.1, -0.05) is 56.3 Å². The first kappa shape index (κ1) is 22.2. The fraction of sp³-hybridized carbons (Fsp3) is 0.179. The van der Waals surface area contributed by atoms with Crippen molar-refractivity contribution in [1.82, 2.24) is 0 Å². The van der Waals surface area contributed by atoms with Crippen LogP contribution in [0.25, 0.3) is 5.57 Å². The normalized spacial score (nSPS) is 18.9. The molecule has 0 unspecified atom stereocenters. The van der Waals surface area contributed by atoms with Gasteiger partial charge in [-0.25, -0.2) is 4.99 Å². The smallest absolute Gasteiger partial charge is 0.272 e. The molecule has 2 aliphatic heterocycles. The number of benzene rings is 3. The van der Waals surface area contributed by atoms with Gasteiger partial charge >= 0.3 is 0 Å². The van der Waals surface area contributed by atoms with E-state index < -0.39 is 0 Å². The summed E-state index contributed by atoms with van der Waals surface area (Å²) >= 11 is 1.26. The average molecular weight is 468 g/mol. The van der Waals surface area contributed by atoms with Gasteiger partial charge in [0.25, 0.3) is 11.8 Å². The first-order valence-corrected chi connectivity index (χ1v) is 12.2. The van der Waals surface area contributed by atoms with Gasteiger partial charge in [0.15, 0.2) is 5.17 Å². The molecule has 1 saturated heterocycles. The predicted octanol–water partition coefficient (Wildman–Crippen LogP) is 5.97. The number of fused-ring (bicyclic) bond motifs is 1. The Balaban J connectivity index is 1.65. The molecule has 5 rings (SSSR count). The number of carbonyl (C=O) groups is 2. The zero-order chi connectivity index (χ0) is 23.8. The molecule has 2 amide bonds. The van der Waals surface area contributed by atoms with Gasteiger partial charge in [-0.05, 0) is 66.1 Å². The van der Waals surface area contributed by atoms with Crippen molar-refractivity contribution >= 4 is 51.4 Å². The molecule has 0 saturated carbocycles. The number of aryl methyl sites for hydroxylation is 2. The number of amides is 2. The molecular weight excluding hydrogens is 442 g/mol. The molecule has 0 radical (unpaired) electrons. The Morgan fingerprint density at radius 3 is 2.06 bits per heavy atom. The molecule has 170 valence electrons. The quantitative estimate of drug-likeness (QED) is 0.445. The lowest BCUT2D eigenvalue weighted by atomic mass is 10.1. The maximum Gasteiger partial charge on any atom is 0.272 e. The minimum atomic E-state index is -0.230. The monoisotopic (exact) mass is 467 g/mol. The van der Waals surface area contributed by atoms with Gasteiger partial charge in [0, 0.05) is 12.6 Å². The topological polar surface area (TPSA) is 53.0 Å². The Morgan fingerprint density at radius 1 is 0.794 bits per heavy atom. The number of para-hydroxylation sites is 1. The van der Waals surface area contributed by atoms with Crippen molar-refractivity contribution in [1.29, 1.82) is 0 Å². The molecule has 34 heavy (non-hydrogen) atoms. The summed E-state index contributed by atoms with van der Waals surface area (Å²) in [6, 6.07) is 23.5. The number of hydrogen-bond acceptors (Lipinski definition) is 4. The highest BCUT2D eigenvalue weighted by Crippen LogP contribution is 2.45. The van der Waals surface area contributed by atoms with Gasteiger partial charge in [-0.2, -0.15) is 0 Å². The first-order chi connectivity index (χ1) is 16.5. The number of aliphatic imine (C=N–C) groups is 1. The van der Waals surface area contributed by atoms with Crippen LogP contribution in [0.4, 0.5) is 17.1 Å². The van der Waals surface area contributed by atoms with Gasteiger partial charge in [0.2, 0.25) is 0 Å². The van der Waals surface area contributed by atoms with Crippen molar-refractivity contribution in [3.63, 3.8) is 0 Å². The van der Waals surface area contributed by atoms with Crippen LogP contribution in [-0.2, 0) is 22.4 Å². The number of anilines is 2. The molecule has 5 nitrogen and oxygen atoms in total. The molecule has 6 heteroatoms.